The van der Waals surface area contributed by atoms with Gasteiger partial charge in [-0.2, -0.15) is 0 Å². The lowest BCUT2D eigenvalue weighted by Crippen LogP contribution is -2.20. The molecule has 0 spiro atoms. The van der Waals surface area contributed by atoms with Gasteiger partial charge in [-0.25, -0.2) is 4.39 Å². The fourth-order valence-electron chi connectivity index (χ4n) is 1.83. The first kappa shape index (κ1) is 16.0. The molecule has 1 unspecified atom stereocenters. The largest absolute Gasteiger partial charge is 0.312 e. The predicted molar refractivity (Wildman–Crippen MR) is 90.8 cm³/mol. The van der Waals surface area contributed by atoms with Crippen molar-refractivity contribution < 1.29 is 4.39 Å². The van der Waals surface area contributed by atoms with Gasteiger partial charge in [-0.1, -0.05) is 28.1 Å². The van der Waals surface area contributed by atoms with Crippen LogP contribution in [0.1, 0.15) is 11.6 Å². The van der Waals surface area contributed by atoms with Crippen LogP contribution in [0.25, 0.3) is 0 Å². The molecular weight excluding hydrogens is 405 g/mol. The average Bonchev–Trinajstić information content (AvgIpc) is 2.45. The van der Waals surface area contributed by atoms with Gasteiger partial charge >= 0.3 is 0 Å². The molecule has 0 bridgehead atoms. The molecule has 1 N–H and O–H groups in total. The summed E-state index contributed by atoms with van der Waals surface area (Å²) in [7, 11) is 1.85. The topological polar surface area (TPSA) is 12.0 Å². The van der Waals surface area contributed by atoms with E-state index in [1.54, 1.807) is 17.8 Å². The van der Waals surface area contributed by atoms with Gasteiger partial charge in [0, 0.05) is 26.7 Å². The van der Waals surface area contributed by atoms with E-state index in [-0.39, 0.29) is 11.9 Å². The molecule has 5 heteroatoms. The van der Waals surface area contributed by atoms with Crippen molar-refractivity contribution in [1.29, 1.82) is 0 Å². The summed E-state index contributed by atoms with van der Waals surface area (Å²) in [4.78, 5) is 1.17. The molecule has 0 aromatic heterocycles. The van der Waals surface area contributed by atoms with Gasteiger partial charge in [-0.15, -0.1) is 11.8 Å². The summed E-state index contributed by atoms with van der Waals surface area (Å²) >= 11 is 8.36. The van der Waals surface area contributed by atoms with Crippen molar-refractivity contribution in [3.63, 3.8) is 0 Å². The van der Waals surface area contributed by atoms with Crippen LogP contribution in [0.3, 0.4) is 0 Å². The van der Waals surface area contributed by atoms with Crippen molar-refractivity contribution in [3.05, 3.63) is 62.8 Å². The number of nitrogens with one attached hydrogen (secondary N) is 1. The summed E-state index contributed by atoms with van der Waals surface area (Å²) in [5, 5.41) is 3.18. The lowest BCUT2D eigenvalue weighted by Gasteiger charge is -2.17. The second-order valence-corrected chi connectivity index (χ2v) is 7.11. The minimum absolute atomic E-state index is 0.0267. The van der Waals surface area contributed by atoms with E-state index in [4.69, 9.17) is 0 Å². The summed E-state index contributed by atoms with van der Waals surface area (Å²) in [5.41, 5.74) is 0.687. The van der Waals surface area contributed by atoms with Gasteiger partial charge in [0.25, 0.3) is 0 Å². The summed E-state index contributed by atoms with van der Waals surface area (Å²) in [5.74, 6) is 0.578. The number of hydrogen-bond donors (Lipinski definition) is 1. The van der Waals surface area contributed by atoms with Crippen LogP contribution in [0.15, 0.2) is 56.3 Å². The molecule has 2 rings (SSSR count). The Morgan fingerprint density at radius 2 is 1.85 bits per heavy atom. The highest BCUT2D eigenvalue weighted by molar-refractivity contribution is 9.10. The van der Waals surface area contributed by atoms with Crippen molar-refractivity contribution in [1.82, 2.24) is 5.32 Å². The zero-order valence-corrected chi connectivity index (χ0v) is 14.9. The molecule has 0 amide bonds. The Hall–Kier alpha value is -0.360. The van der Waals surface area contributed by atoms with Gasteiger partial charge in [0.05, 0.1) is 4.47 Å². The van der Waals surface area contributed by atoms with Crippen molar-refractivity contribution in [2.24, 2.45) is 0 Å². The molecule has 0 saturated heterocycles. The number of halogens is 3. The van der Waals surface area contributed by atoms with Gasteiger partial charge in [0.15, 0.2) is 0 Å². The Balaban J connectivity index is 2.09. The second-order valence-electron chi connectivity index (χ2n) is 4.25. The van der Waals surface area contributed by atoms with Crippen molar-refractivity contribution in [3.8, 4) is 0 Å². The molecule has 0 heterocycles. The summed E-state index contributed by atoms with van der Waals surface area (Å²) < 4.78 is 15.7. The maximum absolute atomic E-state index is 14.1. The number of thioether (sulfide) groups is 1. The van der Waals surface area contributed by atoms with Crippen LogP contribution in [-0.2, 0) is 0 Å². The summed E-state index contributed by atoms with van der Waals surface area (Å²) in [6.45, 7) is 0. The quantitative estimate of drug-likeness (QED) is 0.652. The Kier molecular flexibility index (Phi) is 6.08. The van der Waals surface area contributed by atoms with Gasteiger partial charge in [0.1, 0.15) is 5.82 Å². The summed E-state index contributed by atoms with van der Waals surface area (Å²) in [6, 6.07) is 13.5. The van der Waals surface area contributed by atoms with Gasteiger partial charge in [-0.3, -0.25) is 0 Å². The maximum Gasteiger partial charge on any atom is 0.142 e. The monoisotopic (exact) mass is 417 g/mol. The third-order valence-electron chi connectivity index (χ3n) is 2.94. The number of benzene rings is 2. The molecule has 0 fully saturated rings. The standard InChI is InChI=1S/C15H14Br2FNS/c1-19-14(12-3-2-4-13(17)15(12)18)9-20-11-7-5-10(16)6-8-11/h2-8,14,19H,9H2,1H3. The molecular formula is C15H14Br2FNS. The van der Waals surface area contributed by atoms with Crippen LogP contribution in [-0.4, -0.2) is 12.8 Å². The zero-order valence-electron chi connectivity index (χ0n) is 10.9. The minimum Gasteiger partial charge on any atom is -0.312 e. The van der Waals surface area contributed by atoms with E-state index in [1.807, 2.05) is 31.3 Å². The third-order valence-corrected chi connectivity index (χ3v) is 5.18. The lowest BCUT2D eigenvalue weighted by molar-refractivity contribution is 0.561. The first-order chi connectivity index (χ1) is 9.61. The van der Waals surface area contributed by atoms with Crippen molar-refractivity contribution in [2.75, 3.05) is 12.8 Å². The average molecular weight is 419 g/mol. The maximum atomic E-state index is 14.1. The molecule has 106 valence electrons. The van der Waals surface area contributed by atoms with E-state index in [1.165, 1.54) is 4.90 Å². The van der Waals surface area contributed by atoms with Gasteiger partial charge in [0.2, 0.25) is 0 Å². The SMILES string of the molecule is CNC(CSc1ccc(Br)cc1)c1cccc(Br)c1F. The lowest BCUT2D eigenvalue weighted by atomic mass is 10.1. The van der Waals surface area contributed by atoms with E-state index in [0.717, 1.165) is 10.2 Å². The highest BCUT2D eigenvalue weighted by atomic mass is 79.9. The first-order valence-electron chi connectivity index (χ1n) is 6.11. The normalized spacial score (nSPS) is 12.4. The Morgan fingerprint density at radius 3 is 2.50 bits per heavy atom. The van der Waals surface area contributed by atoms with E-state index >= 15 is 0 Å². The molecule has 1 nitrogen and oxygen atoms in total. The fraction of sp³-hybridized carbons (Fsp3) is 0.200. The van der Waals surface area contributed by atoms with E-state index in [0.29, 0.717) is 10.0 Å². The van der Waals surface area contributed by atoms with E-state index in [2.05, 4.69) is 49.3 Å². The van der Waals surface area contributed by atoms with Crippen LogP contribution in [0.2, 0.25) is 0 Å². The number of rotatable bonds is 5. The highest BCUT2D eigenvalue weighted by Crippen LogP contribution is 2.29. The molecule has 0 radical (unpaired) electrons. The smallest absolute Gasteiger partial charge is 0.142 e. The van der Waals surface area contributed by atoms with Gasteiger partial charge in [-0.05, 0) is 53.3 Å². The second kappa shape index (κ2) is 7.59. The van der Waals surface area contributed by atoms with Crippen LogP contribution >= 0.6 is 43.6 Å². The molecule has 0 aliphatic rings. The van der Waals surface area contributed by atoms with Crippen molar-refractivity contribution >= 4 is 43.6 Å². The molecule has 20 heavy (non-hydrogen) atoms. The molecule has 2 aromatic carbocycles. The molecule has 0 aliphatic carbocycles. The fourth-order valence-corrected chi connectivity index (χ4v) is 3.51. The van der Waals surface area contributed by atoms with Crippen LogP contribution in [0.5, 0.6) is 0 Å². The van der Waals surface area contributed by atoms with Crippen LogP contribution < -0.4 is 5.32 Å². The summed E-state index contributed by atoms with van der Waals surface area (Å²) in [6.07, 6.45) is 0. The van der Waals surface area contributed by atoms with Crippen LogP contribution in [0.4, 0.5) is 4.39 Å². The van der Waals surface area contributed by atoms with Crippen LogP contribution in [0, 0.1) is 5.82 Å². The molecule has 1 atom stereocenters. The van der Waals surface area contributed by atoms with Gasteiger partial charge < -0.3 is 5.32 Å². The highest BCUT2D eigenvalue weighted by Gasteiger charge is 2.16. The first-order valence-corrected chi connectivity index (χ1v) is 8.68. The molecule has 0 aliphatic heterocycles. The zero-order chi connectivity index (χ0) is 14.5. The minimum atomic E-state index is -0.191. The van der Waals surface area contributed by atoms with E-state index in [9.17, 15) is 4.39 Å². The molecule has 2 aromatic rings. The van der Waals surface area contributed by atoms with E-state index < -0.39 is 0 Å². The Morgan fingerprint density at radius 1 is 1.15 bits per heavy atom. The Bertz CT molecular complexity index is 575. The predicted octanol–water partition coefficient (Wildman–Crippen LogP) is 5.40. The number of hydrogen-bond acceptors (Lipinski definition) is 2. The molecule has 0 saturated carbocycles. The third kappa shape index (κ3) is 4.07. The Labute approximate surface area is 139 Å². The van der Waals surface area contributed by atoms with Crippen molar-refractivity contribution in [2.45, 2.75) is 10.9 Å².